The average Bonchev–Trinajstić information content (AvgIpc) is 3.15. The predicted octanol–water partition coefficient (Wildman–Crippen LogP) is 10.2. The number of nitriles is 1. The minimum Gasteiger partial charge on any atom is -0.208 e. The van der Waals surface area contributed by atoms with Crippen molar-refractivity contribution in [3.63, 3.8) is 0 Å². The molecule has 1 heterocycles. The maximum absolute atomic E-state index is 9.20. The Balaban J connectivity index is 1.04. The lowest BCUT2D eigenvalue weighted by molar-refractivity contribution is -0.0281. The molecule has 0 radical (unpaired) electrons. The van der Waals surface area contributed by atoms with Crippen molar-refractivity contribution in [2.45, 2.75) is 49.4 Å². The standard InChI is InChI=1S/C44H36N4/c45-28-30-11-13-33(14-12-30)34-15-19-38(20-16-34)43-24-31-23-32(25-43)27-44(26-31,29-43)39-21-17-37(18-22-39)42-47-40(35-7-3-1-4-8-35)46-41(48-42)36-9-5-2-6-10-36/h1-22,31-32H,23-27,29H2. The zero-order chi connectivity index (χ0) is 32.1. The first-order valence-corrected chi connectivity index (χ1v) is 17.2. The molecular formula is C44H36N4. The van der Waals surface area contributed by atoms with Crippen LogP contribution >= 0.6 is 0 Å². The van der Waals surface area contributed by atoms with Gasteiger partial charge in [-0.05, 0) is 95.6 Å². The molecule has 4 aliphatic carbocycles. The lowest BCUT2D eigenvalue weighted by atomic mass is 9.41. The van der Waals surface area contributed by atoms with Crippen LogP contribution in [-0.2, 0) is 10.8 Å². The fourth-order valence-electron chi connectivity index (χ4n) is 9.60. The first-order valence-electron chi connectivity index (χ1n) is 17.2. The van der Waals surface area contributed by atoms with Crippen LogP contribution < -0.4 is 0 Å². The van der Waals surface area contributed by atoms with E-state index in [1.165, 1.54) is 55.2 Å². The quantitative estimate of drug-likeness (QED) is 0.186. The summed E-state index contributed by atoms with van der Waals surface area (Å²) in [6, 6.07) is 49.1. The van der Waals surface area contributed by atoms with E-state index in [0.29, 0.717) is 23.0 Å². The molecule has 1 aromatic heterocycles. The number of hydrogen-bond acceptors (Lipinski definition) is 4. The Morgan fingerprint density at radius 2 is 0.833 bits per heavy atom. The molecular weight excluding hydrogens is 585 g/mol. The van der Waals surface area contributed by atoms with Gasteiger partial charge in [0.2, 0.25) is 0 Å². The smallest absolute Gasteiger partial charge is 0.164 e. The molecule has 4 aliphatic rings. The van der Waals surface area contributed by atoms with E-state index in [1.54, 1.807) is 0 Å². The van der Waals surface area contributed by atoms with Gasteiger partial charge in [0, 0.05) is 16.7 Å². The summed E-state index contributed by atoms with van der Waals surface area (Å²) in [5.74, 6) is 3.64. The van der Waals surface area contributed by atoms with Gasteiger partial charge in [-0.15, -0.1) is 0 Å². The van der Waals surface area contributed by atoms with Crippen molar-refractivity contribution >= 4 is 0 Å². The van der Waals surface area contributed by atoms with Gasteiger partial charge in [0.15, 0.2) is 17.5 Å². The summed E-state index contributed by atoms with van der Waals surface area (Å²) in [5.41, 5.74) is 9.47. The molecule has 0 spiro atoms. The minimum absolute atomic E-state index is 0.206. The fourth-order valence-corrected chi connectivity index (χ4v) is 9.60. The molecule has 4 bridgehead atoms. The van der Waals surface area contributed by atoms with E-state index in [1.807, 2.05) is 48.5 Å². The Morgan fingerprint density at radius 1 is 0.458 bits per heavy atom. The highest BCUT2D eigenvalue weighted by Gasteiger charge is 2.58. The molecule has 5 aromatic carbocycles. The number of rotatable bonds is 6. The van der Waals surface area contributed by atoms with Gasteiger partial charge >= 0.3 is 0 Å². The Labute approximate surface area is 282 Å². The maximum atomic E-state index is 9.20. The Morgan fingerprint density at radius 3 is 1.25 bits per heavy atom. The second-order valence-electron chi connectivity index (χ2n) is 14.4. The van der Waals surface area contributed by atoms with Crippen molar-refractivity contribution < 1.29 is 0 Å². The molecule has 232 valence electrons. The highest BCUT2D eigenvalue weighted by Crippen LogP contribution is 2.66. The third-order valence-corrected chi connectivity index (χ3v) is 11.4. The summed E-state index contributed by atoms with van der Waals surface area (Å²) in [6.07, 6.45) is 7.76. The van der Waals surface area contributed by atoms with Crippen LogP contribution in [0.5, 0.6) is 0 Å². The van der Waals surface area contributed by atoms with Crippen LogP contribution in [0.2, 0.25) is 0 Å². The molecule has 48 heavy (non-hydrogen) atoms. The average molecular weight is 621 g/mol. The van der Waals surface area contributed by atoms with Gasteiger partial charge in [0.25, 0.3) is 0 Å². The van der Waals surface area contributed by atoms with Crippen LogP contribution in [0, 0.1) is 23.2 Å². The second-order valence-corrected chi connectivity index (χ2v) is 14.4. The zero-order valence-electron chi connectivity index (χ0n) is 26.9. The second kappa shape index (κ2) is 11.4. The fraction of sp³-hybridized carbons (Fsp3) is 0.227. The van der Waals surface area contributed by atoms with Crippen molar-refractivity contribution in [3.8, 4) is 51.4 Å². The third-order valence-electron chi connectivity index (χ3n) is 11.4. The lowest BCUT2D eigenvalue weighted by Gasteiger charge is -2.63. The predicted molar refractivity (Wildman–Crippen MR) is 191 cm³/mol. The van der Waals surface area contributed by atoms with Gasteiger partial charge in [-0.2, -0.15) is 5.26 Å². The molecule has 0 saturated heterocycles. The van der Waals surface area contributed by atoms with Crippen molar-refractivity contribution in [2.24, 2.45) is 11.8 Å². The van der Waals surface area contributed by atoms with Crippen LogP contribution in [0.3, 0.4) is 0 Å². The number of aromatic nitrogens is 3. The molecule has 2 atom stereocenters. The number of nitrogens with zero attached hydrogens (tertiary/aromatic N) is 4. The van der Waals surface area contributed by atoms with Crippen LogP contribution in [0.4, 0.5) is 0 Å². The van der Waals surface area contributed by atoms with Crippen molar-refractivity contribution in [1.82, 2.24) is 15.0 Å². The highest BCUT2D eigenvalue weighted by molar-refractivity contribution is 5.67. The molecule has 4 saturated carbocycles. The summed E-state index contributed by atoms with van der Waals surface area (Å²) in [4.78, 5) is 14.8. The Bertz CT molecular complexity index is 2060. The van der Waals surface area contributed by atoms with Gasteiger partial charge in [-0.25, -0.2) is 15.0 Å². The Hall–Kier alpha value is -5.40. The van der Waals surface area contributed by atoms with E-state index < -0.39 is 0 Å². The van der Waals surface area contributed by atoms with Crippen molar-refractivity contribution in [3.05, 3.63) is 150 Å². The van der Waals surface area contributed by atoms with Crippen molar-refractivity contribution in [2.75, 3.05) is 0 Å². The van der Waals surface area contributed by atoms with E-state index in [-0.39, 0.29) is 10.8 Å². The Kier molecular flexibility index (Phi) is 6.83. The van der Waals surface area contributed by atoms with Crippen LogP contribution in [0.1, 0.15) is 55.2 Å². The lowest BCUT2D eigenvalue weighted by Crippen LogP contribution is -2.55. The van der Waals surface area contributed by atoms with Gasteiger partial charge < -0.3 is 0 Å². The molecule has 10 rings (SSSR count). The molecule has 0 aliphatic heterocycles. The normalized spacial score (nSPS) is 23.9. The minimum atomic E-state index is 0.206. The van der Waals surface area contributed by atoms with Gasteiger partial charge in [0.1, 0.15) is 0 Å². The number of hydrogen-bond donors (Lipinski definition) is 0. The first kappa shape index (κ1) is 28.8. The SMILES string of the molecule is N#Cc1ccc(-c2ccc(C34CC5CC(C3)CC(c3ccc(-c6nc(-c7ccccc7)nc(-c7ccccc7)n6)cc3)(C5)C4)cc2)cc1. The maximum Gasteiger partial charge on any atom is 0.164 e. The van der Waals surface area contributed by atoms with Gasteiger partial charge in [-0.1, -0.05) is 121 Å². The van der Waals surface area contributed by atoms with E-state index in [4.69, 9.17) is 15.0 Å². The molecule has 0 N–H and O–H groups in total. The zero-order valence-corrected chi connectivity index (χ0v) is 26.9. The van der Waals surface area contributed by atoms with Gasteiger partial charge in [0.05, 0.1) is 11.6 Å². The molecule has 0 amide bonds. The number of benzene rings is 5. The van der Waals surface area contributed by atoms with Crippen molar-refractivity contribution in [1.29, 1.82) is 5.26 Å². The van der Waals surface area contributed by atoms with Crippen LogP contribution in [0.25, 0.3) is 45.3 Å². The van der Waals surface area contributed by atoms with Crippen LogP contribution in [0.15, 0.2) is 133 Å². The summed E-state index contributed by atoms with van der Waals surface area (Å²) in [6.45, 7) is 0. The molecule has 4 fully saturated rings. The summed E-state index contributed by atoms with van der Waals surface area (Å²) < 4.78 is 0. The highest BCUT2D eigenvalue weighted by atomic mass is 15.0. The molecule has 4 heteroatoms. The topological polar surface area (TPSA) is 62.5 Å². The monoisotopic (exact) mass is 620 g/mol. The first-order chi connectivity index (χ1) is 23.6. The molecule has 4 nitrogen and oxygen atoms in total. The van der Waals surface area contributed by atoms with E-state index in [2.05, 4.69) is 91.0 Å². The van der Waals surface area contributed by atoms with E-state index in [0.717, 1.165) is 34.1 Å². The molecule has 6 aromatic rings. The van der Waals surface area contributed by atoms with Crippen LogP contribution in [-0.4, -0.2) is 15.0 Å². The van der Waals surface area contributed by atoms with E-state index >= 15 is 0 Å². The summed E-state index contributed by atoms with van der Waals surface area (Å²) in [5, 5.41) is 9.20. The third kappa shape index (κ3) is 5.02. The molecule has 2 unspecified atom stereocenters. The van der Waals surface area contributed by atoms with E-state index in [9.17, 15) is 5.26 Å². The summed E-state index contributed by atoms with van der Waals surface area (Å²) in [7, 11) is 0. The summed E-state index contributed by atoms with van der Waals surface area (Å²) >= 11 is 0. The van der Waals surface area contributed by atoms with Gasteiger partial charge in [-0.3, -0.25) is 0 Å². The largest absolute Gasteiger partial charge is 0.208 e.